The van der Waals surface area contributed by atoms with Crippen molar-refractivity contribution in [3.63, 3.8) is 0 Å². The first-order chi connectivity index (χ1) is 9.41. The Morgan fingerprint density at radius 2 is 2.10 bits per heavy atom. The third-order valence-corrected chi connectivity index (χ3v) is 4.33. The van der Waals surface area contributed by atoms with Gasteiger partial charge >= 0.3 is 0 Å². The van der Waals surface area contributed by atoms with E-state index >= 15 is 0 Å². The Hall–Kier alpha value is -1.29. The summed E-state index contributed by atoms with van der Waals surface area (Å²) in [5.41, 5.74) is 1.42. The summed E-state index contributed by atoms with van der Waals surface area (Å²) < 4.78 is 2.08. The molecule has 1 atom stereocenters. The zero-order chi connectivity index (χ0) is 14.9. The molecule has 1 unspecified atom stereocenters. The van der Waals surface area contributed by atoms with E-state index in [0.717, 1.165) is 17.9 Å². The molecule has 1 N–H and O–H groups in total. The van der Waals surface area contributed by atoms with Crippen molar-refractivity contribution < 1.29 is 5.11 Å². The van der Waals surface area contributed by atoms with Gasteiger partial charge in [-0.25, -0.2) is 0 Å². The van der Waals surface area contributed by atoms with Crippen molar-refractivity contribution in [1.29, 1.82) is 0 Å². The van der Waals surface area contributed by atoms with Crippen molar-refractivity contribution in [3.8, 4) is 5.75 Å². The monoisotopic (exact) mass is 278 g/mol. The number of nitrogens with zero attached hydrogens (tertiary/aromatic N) is 2. The fraction of sp³-hybridized carbons (Fsp3) is 0.688. The number of likely N-dealkylation sites (tertiary alicyclic amines) is 1. The molecule has 112 valence electrons. The molecule has 4 heteroatoms. The molecule has 20 heavy (non-hydrogen) atoms. The van der Waals surface area contributed by atoms with E-state index in [9.17, 15) is 9.90 Å². The summed E-state index contributed by atoms with van der Waals surface area (Å²) in [6.45, 7) is 10.0. The molecule has 2 heterocycles. The molecule has 0 spiro atoms. The maximum Gasteiger partial charge on any atom is 0.223 e. The summed E-state index contributed by atoms with van der Waals surface area (Å²) in [6, 6.07) is 2.27. The summed E-state index contributed by atoms with van der Waals surface area (Å²) in [4.78, 5) is 14.2. The molecule has 1 saturated heterocycles. The van der Waals surface area contributed by atoms with E-state index < -0.39 is 0 Å². The van der Waals surface area contributed by atoms with Crippen LogP contribution in [0.5, 0.6) is 5.75 Å². The number of hydrogen-bond donors (Lipinski definition) is 1. The van der Waals surface area contributed by atoms with Crippen molar-refractivity contribution in [3.05, 3.63) is 27.7 Å². The highest BCUT2D eigenvalue weighted by atomic mass is 16.3. The molecule has 1 aromatic rings. The van der Waals surface area contributed by atoms with E-state index in [2.05, 4.69) is 30.2 Å². The van der Waals surface area contributed by atoms with Crippen LogP contribution in [0.1, 0.15) is 57.5 Å². The number of pyridine rings is 1. The van der Waals surface area contributed by atoms with Crippen LogP contribution in [0.2, 0.25) is 0 Å². The topological polar surface area (TPSA) is 45.5 Å². The molecular formula is C16H26N2O2. The minimum Gasteiger partial charge on any atom is -0.503 e. The summed E-state index contributed by atoms with van der Waals surface area (Å²) >= 11 is 0. The maximum atomic E-state index is 11.9. The van der Waals surface area contributed by atoms with Gasteiger partial charge in [0.15, 0.2) is 5.75 Å². The van der Waals surface area contributed by atoms with Crippen LogP contribution in [0.4, 0.5) is 0 Å². The summed E-state index contributed by atoms with van der Waals surface area (Å²) in [7, 11) is 0. The molecule has 0 aromatic carbocycles. The van der Waals surface area contributed by atoms with Crippen LogP contribution in [-0.2, 0) is 6.54 Å². The van der Waals surface area contributed by atoms with Crippen molar-refractivity contribution in [2.75, 3.05) is 6.54 Å². The van der Waals surface area contributed by atoms with Crippen molar-refractivity contribution in [1.82, 2.24) is 9.47 Å². The van der Waals surface area contributed by atoms with Gasteiger partial charge in [-0.2, -0.15) is 0 Å². The number of aromatic hydroxyl groups is 1. The largest absolute Gasteiger partial charge is 0.503 e. The van der Waals surface area contributed by atoms with Crippen molar-refractivity contribution >= 4 is 0 Å². The Kier molecular flexibility index (Phi) is 4.53. The molecule has 1 aromatic heterocycles. The molecule has 2 rings (SSSR count). The first kappa shape index (κ1) is 15.1. The number of rotatable bonds is 3. The SMILES string of the molecule is Cc1cc(=O)c(O)c(CN2CCCCC2C)n1C(C)C. The fourth-order valence-corrected chi connectivity index (χ4v) is 3.25. The quantitative estimate of drug-likeness (QED) is 0.924. The predicted octanol–water partition coefficient (Wildman–Crippen LogP) is 2.82. The van der Waals surface area contributed by atoms with Gasteiger partial charge in [-0.05, 0) is 47.1 Å². The second-order valence-corrected chi connectivity index (χ2v) is 6.22. The van der Waals surface area contributed by atoms with E-state index in [-0.39, 0.29) is 17.2 Å². The highest BCUT2D eigenvalue weighted by Crippen LogP contribution is 2.25. The smallest absolute Gasteiger partial charge is 0.223 e. The second kappa shape index (κ2) is 6.00. The van der Waals surface area contributed by atoms with Crippen LogP contribution in [0.25, 0.3) is 0 Å². The molecule has 0 aliphatic carbocycles. The first-order valence-corrected chi connectivity index (χ1v) is 7.60. The lowest BCUT2D eigenvalue weighted by atomic mass is 10.0. The van der Waals surface area contributed by atoms with Gasteiger partial charge < -0.3 is 9.67 Å². The Morgan fingerprint density at radius 1 is 1.40 bits per heavy atom. The molecular weight excluding hydrogens is 252 g/mol. The zero-order valence-electron chi connectivity index (χ0n) is 13.0. The number of aromatic nitrogens is 1. The van der Waals surface area contributed by atoms with Gasteiger partial charge in [0.1, 0.15) is 0 Å². The van der Waals surface area contributed by atoms with Crippen LogP contribution in [0.15, 0.2) is 10.9 Å². The molecule has 0 saturated carbocycles. The normalized spacial score (nSPS) is 20.6. The number of piperidine rings is 1. The standard InChI is InChI=1S/C16H26N2O2/c1-11(2)18-13(4)9-15(19)16(20)14(18)10-17-8-6-5-7-12(17)3/h9,11-12,20H,5-8,10H2,1-4H3. The van der Waals surface area contributed by atoms with Gasteiger partial charge in [-0.15, -0.1) is 0 Å². The van der Waals surface area contributed by atoms with E-state index in [0.29, 0.717) is 12.6 Å². The lowest BCUT2D eigenvalue weighted by Gasteiger charge is -2.34. The van der Waals surface area contributed by atoms with Gasteiger partial charge in [-0.3, -0.25) is 9.69 Å². The predicted molar refractivity (Wildman–Crippen MR) is 81.2 cm³/mol. The van der Waals surface area contributed by atoms with Crippen molar-refractivity contribution in [2.24, 2.45) is 0 Å². The van der Waals surface area contributed by atoms with Crippen LogP contribution in [-0.4, -0.2) is 27.2 Å². The van der Waals surface area contributed by atoms with Crippen LogP contribution < -0.4 is 5.43 Å². The Bertz CT molecular complexity index is 534. The highest BCUT2D eigenvalue weighted by molar-refractivity contribution is 5.30. The van der Waals surface area contributed by atoms with E-state index in [1.807, 2.05) is 6.92 Å². The molecule has 1 aliphatic rings. The van der Waals surface area contributed by atoms with Crippen molar-refractivity contribution in [2.45, 2.75) is 65.6 Å². The van der Waals surface area contributed by atoms with Gasteiger partial charge in [-0.1, -0.05) is 6.42 Å². The minimum absolute atomic E-state index is 0.0814. The molecule has 0 radical (unpaired) electrons. The van der Waals surface area contributed by atoms with Gasteiger partial charge in [0.25, 0.3) is 0 Å². The Balaban J connectivity index is 2.41. The third-order valence-electron chi connectivity index (χ3n) is 4.33. The second-order valence-electron chi connectivity index (χ2n) is 6.22. The Morgan fingerprint density at radius 3 is 2.70 bits per heavy atom. The zero-order valence-corrected chi connectivity index (χ0v) is 13.0. The lowest BCUT2D eigenvalue weighted by Crippen LogP contribution is -2.38. The lowest BCUT2D eigenvalue weighted by molar-refractivity contribution is 0.146. The van der Waals surface area contributed by atoms with Crippen LogP contribution in [0, 0.1) is 6.92 Å². The van der Waals surface area contributed by atoms with Crippen LogP contribution >= 0.6 is 0 Å². The molecule has 4 nitrogen and oxygen atoms in total. The van der Waals surface area contributed by atoms with Gasteiger partial charge in [0.2, 0.25) is 5.43 Å². The molecule has 1 aliphatic heterocycles. The highest BCUT2D eigenvalue weighted by Gasteiger charge is 2.23. The number of aryl methyl sites for hydroxylation is 1. The molecule has 0 bridgehead atoms. The first-order valence-electron chi connectivity index (χ1n) is 7.60. The van der Waals surface area contributed by atoms with Crippen LogP contribution in [0.3, 0.4) is 0 Å². The average Bonchev–Trinajstić information content (AvgIpc) is 2.37. The minimum atomic E-state index is -0.265. The van der Waals surface area contributed by atoms with Gasteiger partial charge in [0.05, 0.1) is 5.69 Å². The number of hydrogen-bond acceptors (Lipinski definition) is 3. The van der Waals surface area contributed by atoms with E-state index in [4.69, 9.17) is 0 Å². The van der Waals surface area contributed by atoms with E-state index in [1.54, 1.807) is 0 Å². The summed E-state index contributed by atoms with van der Waals surface area (Å²) in [5.74, 6) is -0.0814. The summed E-state index contributed by atoms with van der Waals surface area (Å²) in [6.07, 6.45) is 3.66. The molecule has 0 amide bonds. The Labute approximate surface area is 121 Å². The summed E-state index contributed by atoms with van der Waals surface area (Å²) in [5, 5.41) is 10.2. The van der Waals surface area contributed by atoms with E-state index in [1.165, 1.54) is 25.3 Å². The average molecular weight is 278 g/mol. The van der Waals surface area contributed by atoms with Gasteiger partial charge in [0, 0.05) is 30.4 Å². The maximum absolute atomic E-state index is 11.9. The fourth-order valence-electron chi connectivity index (χ4n) is 3.25. The molecule has 1 fully saturated rings. The third kappa shape index (κ3) is 2.90.